The summed E-state index contributed by atoms with van der Waals surface area (Å²) in [6.07, 6.45) is 0. The van der Waals surface area contributed by atoms with Crippen LogP contribution in [0, 0.1) is 17.0 Å². The van der Waals surface area contributed by atoms with Crippen molar-refractivity contribution in [3.63, 3.8) is 0 Å². The number of alkyl halides is 2. The maximum atomic E-state index is 13.9. The van der Waals surface area contributed by atoms with Crippen LogP contribution >= 0.6 is 0 Å². The van der Waals surface area contributed by atoms with Gasteiger partial charge in [-0.3, -0.25) is 0 Å². The molecule has 0 unspecified atom stereocenters. The summed E-state index contributed by atoms with van der Waals surface area (Å²) in [5.41, 5.74) is 3.17. The third-order valence-corrected chi connectivity index (χ3v) is 2.64. The molecule has 1 nitrogen and oxygen atoms in total. The second-order valence-corrected chi connectivity index (χ2v) is 4.29. The van der Waals surface area contributed by atoms with Crippen LogP contribution in [0.3, 0.4) is 0 Å². The normalized spacial score (nSPS) is 12.9. The van der Waals surface area contributed by atoms with Gasteiger partial charge in [0.05, 0.1) is 0 Å². The van der Waals surface area contributed by atoms with E-state index in [1.807, 2.05) is 0 Å². The van der Waals surface area contributed by atoms with Gasteiger partial charge >= 0.3 is 0 Å². The van der Waals surface area contributed by atoms with Gasteiger partial charge in [-0.25, -0.2) is 17.6 Å². The van der Waals surface area contributed by atoms with Gasteiger partial charge in [-0.2, -0.15) is 0 Å². The summed E-state index contributed by atoms with van der Waals surface area (Å²) in [5, 5.41) is 0. The SMILES string of the molecule is CC(C)(CN)C(F)(F)c1ccc(F)c(F)c1. The fraction of sp³-hybridized carbons (Fsp3) is 0.455. The number of nitrogens with two attached hydrogens (primary N) is 1. The van der Waals surface area contributed by atoms with Gasteiger partial charge in [0, 0.05) is 17.5 Å². The fourth-order valence-electron chi connectivity index (χ4n) is 1.21. The second kappa shape index (κ2) is 4.05. The predicted molar refractivity (Wildman–Crippen MR) is 53.1 cm³/mol. The Bertz CT molecular complexity index is 388. The highest BCUT2D eigenvalue weighted by molar-refractivity contribution is 5.24. The zero-order chi connectivity index (χ0) is 12.6. The number of benzene rings is 1. The van der Waals surface area contributed by atoms with Crippen LogP contribution in [0.2, 0.25) is 0 Å². The summed E-state index contributed by atoms with van der Waals surface area (Å²) in [7, 11) is 0. The molecule has 0 aromatic heterocycles. The third kappa shape index (κ3) is 2.04. The van der Waals surface area contributed by atoms with E-state index in [2.05, 4.69) is 0 Å². The van der Waals surface area contributed by atoms with Crippen LogP contribution in [0.15, 0.2) is 18.2 Å². The molecule has 0 saturated carbocycles. The minimum atomic E-state index is -3.31. The van der Waals surface area contributed by atoms with Crippen molar-refractivity contribution in [2.45, 2.75) is 19.8 Å². The van der Waals surface area contributed by atoms with Crippen molar-refractivity contribution in [1.29, 1.82) is 0 Å². The molecule has 0 atom stereocenters. The Morgan fingerprint density at radius 1 is 1.12 bits per heavy atom. The zero-order valence-electron chi connectivity index (χ0n) is 9.03. The molecule has 2 N–H and O–H groups in total. The minimum absolute atomic E-state index is 0.265. The molecule has 0 saturated heterocycles. The standard InChI is InChI=1S/C11H13F4N/c1-10(2,6-16)11(14,15)7-3-4-8(12)9(13)5-7/h3-5H,6,16H2,1-2H3. The van der Waals surface area contributed by atoms with E-state index in [1.165, 1.54) is 13.8 Å². The number of hydrogen-bond donors (Lipinski definition) is 1. The Morgan fingerprint density at radius 3 is 2.12 bits per heavy atom. The first-order valence-corrected chi connectivity index (χ1v) is 4.76. The van der Waals surface area contributed by atoms with Crippen LogP contribution in [0.5, 0.6) is 0 Å². The quantitative estimate of drug-likeness (QED) is 0.800. The molecule has 0 amide bonds. The van der Waals surface area contributed by atoms with Gasteiger partial charge in [-0.15, -0.1) is 0 Å². The van der Waals surface area contributed by atoms with Crippen LogP contribution in [-0.2, 0) is 5.92 Å². The molecule has 0 aliphatic carbocycles. The summed E-state index contributed by atoms with van der Waals surface area (Å²) < 4.78 is 53.2. The van der Waals surface area contributed by atoms with Crippen LogP contribution in [0.25, 0.3) is 0 Å². The largest absolute Gasteiger partial charge is 0.330 e. The molecule has 0 heterocycles. The molecule has 0 fully saturated rings. The Morgan fingerprint density at radius 2 is 1.69 bits per heavy atom. The Kier molecular flexibility index (Phi) is 3.28. The first-order chi connectivity index (χ1) is 7.22. The van der Waals surface area contributed by atoms with Crippen molar-refractivity contribution in [2.75, 3.05) is 6.54 Å². The van der Waals surface area contributed by atoms with Crippen molar-refractivity contribution >= 4 is 0 Å². The van der Waals surface area contributed by atoms with E-state index in [0.717, 1.165) is 6.07 Å². The van der Waals surface area contributed by atoms with Crippen LogP contribution < -0.4 is 5.73 Å². The van der Waals surface area contributed by atoms with E-state index in [1.54, 1.807) is 0 Å². The molecule has 0 radical (unpaired) electrons. The van der Waals surface area contributed by atoms with Gasteiger partial charge in [-0.1, -0.05) is 13.8 Å². The summed E-state index contributed by atoms with van der Waals surface area (Å²) in [6, 6.07) is 2.06. The predicted octanol–water partition coefficient (Wildman–Crippen LogP) is 3.04. The van der Waals surface area contributed by atoms with Crippen molar-refractivity contribution in [2.24, 2.45) is 11.1 Å². The molecule has 0 spiro atoms. The van der Waals surface area contributed by atoms with Crippen LogP contribution in [0.1, 0.15) is 19.4 Å². The Labute approximate surface area is 91.3 Å². The molecule has 5 heteroatoms. The topological polar surface area (TPSA) is 26.0 Å². The average molecular weight is 235 g/mol. The molecule has 0 aliphatic heterocycles. The minimum Gasteiger partial charge on any atom is -0.330 e. The first kappa shape index (κ1) is 13.0. The maximum absolute atomic E-state index is 13.9. The van der Waals surface area contributed by atoms with Gasteiger partial charge in [0.1, 0.15) is 0 Å². The highest BCUT2D eigenvalue weighted by Crippen LogP contribution is 2.44. The molecule has 90 valence electrons. The molecule has 1 aromatic carbocycles. The lowest BCUT2D eigenvalue weighted by Gasteiger charge is -2.33. The maximum Gasteiger partial charge on any atom is 0.279 e. The molecule has 1 aromatic rings. The van der Waals surface area contributed by atoms with Gasteiger partial charge in [-0.05, 0) is 18.2 Å². The summed E-state index contributed by atoms with van der Waals surface area (Å²) in [4.78, 5) is 0. The fourth-order valence-corrected chi connectivity index (χ4v) is 1.21. The van der Waals surface area contributed by atoms with E-state index < -0.39 is 28.5 Å². The summed E-state index contributed by atoms with van der Waals surface area (Å²) in [5.74, 6) is -5.74. The van der Waals surface area contributed by atoms with Crippen molar-refractivity contribution in [3.8, 4) is 0 Å². The monoisotopic (exact) mass is 235 g/mol. The van der Waals surface area contributed by atoms with Gasteiger partial charge in [0.15, 0.2) is 11.6 Å². The first-order valence-electron chi connectivity index (χ1n) is 4.76. The van der Waals surface area contributed by atoms with Crippen LogP contribution in [-0.4, -0.2) is 6.54 Å². The van der Waals surface area contributed by atoms with Gasteiger partial charge < -0.3 is 5.73 Å². The van der Waals surface area contributed by atoms with E-state index in [-0.39, 0.29) is 6.54 Å². The van der Waals surface area contributed by atoms with Crippen molar-refractivity contribution in [3.05, 3.63) is 35.4 Å². The lowest BCUT2D eigenvalue weighted by atomic mass is 9.81. The van der Waals surface area contributed by atoms with E-state index in [0.29, 0.717) is 12.1 Å². The highest BCUT2D eigenvalue weighted by atomic mass is 19.3. The lowest BCUT2D eigenvalue weighted by molar-refractivity contribution is -0.109. The third-order valence-electron chi connectivity index (χ3n) is 2.64. The number of rotatable bonds is 3. The summed E-state index contributed by atoms with van der Waals surface area (Å²) >= 11 is 0. The van der Waals surface area contributed by atoms with E-state index in [9.17, 15) is 17.6 Å². The van der Waals surface area contributed by atoms with Gasteiger partial charge in [0.2, 0.25) is 0 Å². The van der Waals surface area contributed by atoms with E-state index in [4.69, 9.17) is 5.73 Å². The summed E-state index contributed by atoms with van der Waals surface area (Å²) in [6.45, 7) is 2.28. The molecule has 0 aliphatic rings. The second-order valence-electron chi connectivity index (χ2n) is 4.29. The smallest absolute Gasteiger partial charge is 0.279 e. The van der Waals surface area contributed by atoms with Crippen LogP contribution in [0.4, 0.5) is 17.6 Å². The molecular weight excluding hydrogens is 222 g/mol. The Balaban J connectivity index is 3.22. The molecule has 16 heavy (non-hydrogen) atoms. The average Bonchev–Trinajstić information content (AvgIpc) is 2.21. The van der Waals surface area contributed by atoms with Crippen molar-refractivity contribution < 1.29 is 17.6 Å². The van der Waals surface area contributed by atoms with E-state index >= 15 is 0 Å². The highest BCUT2D eigenvalue weighted by Gasteiger charge is 2.47. The number of hydrogen-bond acceptors (Lipinski definition) is 1. The molecule has 1 rings (SSSR count). The zero-order valence-corrected chi connectivity index (χ0v) is 9.03. The molecular formula is C11H13F4N. The molecule has 0 bridgehead atoms. The number of halogens is 4. The van der Waals surface area contributed by atoms with Gasteiger partial charge in [0.25, 0.3) is 5.92 Å². The Hall–Kier alpha value is -1.10. The lowest BCUT2D eigenvalue weighted by Crippen LogP contribution is -2.40. The van der Waals surface area contributed by atoms with Crippen molar-refractivity contribution in [1.82, 2.24) is 0 Å².